The molecule has 3 aliphatic rings. The normalized spacial score (nSPS) is 42.4. The van der Waals surface area contributed by atoms with Crippen LogP contribution in [0.2, 0.25) is 0 Å². The third-order valence-corrected chi connectivity index (χ3v) is 5.56. The Morgan fingerprint density at radius 2 is 1.95 bits per heavy atom. The average molecular weight is 286 g/mol. The lowest BCUT2D eigenvalue weighted by Gasteiger charge is -2.36. The molecule has 0 N–H and O–H groups in total. The second kappa shape index (κ2) is 3.91. The van der Waals surface area contributed by atoms with Gasteiger partial charge in [0.2, 0.25) is 5.90 Å². The number of pyridine rings is 1. The van der Waals surface area contributed by atoms with Crippen LogP contribution in [-0.4, -0.2) is 29.1 Å². The standard InChI is InChI=1S/C16H18N2O3/c1-9-4-7-12(17-8-9)18-13-15(2)10-5-6-11(20-10)16(15,3)14(19)21-13/h4,7-8,10-11H,5-6H2,1-3H3/t10-,11+,15+,16-/m0/s1. The maximum absolute atomic E-state index is 12.4. The molecule has 0 radical (unpaired) electrons. The molecule has 4 heterocycles. The molecule has 110 valence electrons. The van der Waals surface area contributed by atoms with Gasteiger partial charge in [-0.15, -0.1) is 0 Å². The van der Waals surface area contributed by atoms with E-state index in [2.05, 4.69) is 9.98 Å². The quantitative estimate of drug-likeness (QED) is 0.744. The number of hydrogen-bond acceptors (Lipinski definition) is 5. The number of aryl methyl sites for hydroxylation is 1. The van der Waals surface area contributed by atoms with Crippen LogP contribution in [0.3, 0.4) is 0 Å². The van der Waals surface area contributed by atoms with Gasteiger partial charge in [-0.1, -0.05) is 6.07 Å². The molecule has 2 bridgehead atoms. The van der Waals surface area contributed by atoms with Crippen molar-refractivity contribution in [1.29, 1.82) is 0 Å². The maximum atomic E-state index is 12.4. The fourth-order valence-electron chi connectivity index (χ4n) is 3.93. The minimum atomic E-state index is -0.626. The fourth-order valence-corrected chi connectivity index (χ4v) is 3.93. The Morgan fingerprint density at radius 3 is 2.62 bits per heavy atom. The minimum Gasteiger partial charge on any atom is -0.410 e. The van der Waals surface area contributed by atoms with Crippen LogP contribution in [0.25, 0.3) is 0 Å². The molecule has 3 fully saturated rings. The SMILES string of the molecule is Cc1ccc(N=C2OC(=O)[C@]3(C)[C@H]4CC[C@H](O4)[C@]23C)nc1. The Hall–Kier alpha value is -1.75. The first-order valence-electron chi connectivity index (χ1n) is 7.36. The van der Waals surface area contributed by atoms with Crippen molar-refractivity contribution < 1.29 is 14.3 Å². The molecule has 4 atom stereocenters. The Balaban J connectivity index is 1.81. The lowest BCUT2D eigenvalue weighted by Crippen LogP contribution is -2.48. The van der Waals surface area contributed by atoms with E-state index < -0.39 is 10.8 Å². The van der Waals surface area contributed by atoms with E-state index in [1.165, 1.54) is 0 Å². The van der Waals surface area contributed by atoms with Crippen LogP contribution in [0.5, 0.6) is 0 Å². The van der Waals surface area contributed by atoms with E-state index in [-0.39, 0.29) is 18.2 Å². The third kappa shape index (κ3) is 1.42. The largest absolute Gasteiger partial charge is 0.410 e. The molecule has 5 nitrogen and oxygen atoms in total. The average Bonchev–Trinajstić information content (AvgIpc) is 3.08. The van der Waals surface area contributed by atoms with Gasteiger partial charge in [0.25, 0.3) is 0 Å². The molecule has 0 amide bonds. The van der Waals surface area contributed by atoms with Crippen molar-refractivity contribution >= 4 is 17.7 Å². The number of esters is 1. The topological polar surface area (TPSA) is 60.8 Å². The number of carbonyl (C=O) groups is 1. The molecule has 1 aromatic heterocycles. The summed E-state index contributed by atoms with van der Waals surface area (Å²) in [4.78, 5) is 21.2. The van der Waals surface area contributed by atoms with E-state index >= 15 is 0 Å². The molecule has 0 spiro atoms. The van der Waals surface area contributed by atoms with E-state index in [0.717, 1.165) is 18.4 Å². The summed E-state index contributed by atoms with van der Waals surface area (Å²) in [6.45, 7) is 5.96. The highest BCUT2D eigenvalue weighted by molar-refractivity contribution is 6.06. The van der Waals surface area contributed by atoms with Gasteiger partial charge in [0.1, 0.15) is 5.41 Å². The highest BCUT2D eigenvalue weighted by Gasteiger charge is 2.75. The number of hydrogen-bond donors (Lipinski definition) is 0. The number of ether oxygens (including phenoxy) is 2. The van der Waals surface area contributed by atoms with Crippen LogP contribution in [-0.2, 0) is 14.3 Å². The second-order valence-electron chi connectivity index (χ2n) is 6.60. The van der Waals surface area contributed by atoms with E-state index in [4.69, 9.17) is 9.47 Å². The lowest BCUT2D eigenvalue weighted by atomic mass is 9.59. The van der Waals surface area contributed by atoms with Crippen LogP contribution < -0.4 is 0 Å². The van der Waals surface area contributed by atoms with E-state index in [1.807, 2.05) is 32.9 Å². The zero-order valence-electron chi connectivity index (χ0n) is 12.4. The zero-order chi connectivity index (χ0) is 14.8. The number of rotatable bonds is 1. The van der Waals surface area contributed by atoms with E-state index in [1.54, 1.807) is 6.20 Å². The molecule has 0 aliphatic carbocycles. The third-order valence-electron chi connectivity index (χ3n) is 5.56. The Morgan fingerprint density at radius 1 is 1.24 bits per heavy atom. The highest BCUT2D eigenvalue weighted by Crippen LogP contribution is 2.64. The molecule has 3 aliphatic heterocycles. The van der Waals surface area contributed by atoms with Gasteiger partial charge in [-0.05, 0) is 45.2 Å². The summed E-state index contributed by atoms with van der Waals surface area (Å²) in [6.07, 6.45) is 3.58. The summed E-state index contributed by atoms with van der Waals surface area (Å²) >= 11 is 0. The summed E-state index contributed by atoms with van der Waals surface area (Å²) in [7, 11) is 0. The van der Waals surface area contributed by atoms with Crippen LogP contribution >= 0.6 is 0 Å². The van der Waals surface area contributed by atoms with Crippen LogP contribution in [0.4, 0.5) is 5.82 Å². The Kier molecular flexibility index (Phi) is 2.41. The molecule has 5 heteroatoms. The van der Waals surface area contributed by atoms with E-state index in [0.29, 0.717) is 11.7 Å². The van der Waals surface area contributed by atoms with Gasteiger partial charge in [0.05, 0.1) is 17.6 Å². The van der Waals surface area contributed by atoms with Crippen LogP contribution in [0, 0.1) is 17.8 Å². The first kappa shape index (κ1) is 13.0. The lowest BCUT2D eigenvalue weighted by molar-refractivity contribution is -0.146. The minimum absolute atomic E-state index is 0.00292. The van der Waals surface area contributed by atoms with Gasteiger partial charge in [-0.2, -0.15) is 4.99 Å². The summed E-state index contributed by atoms with van der Waals surface area (Å²) in [5.74, 6) is 0.804. The predicted molar refractivity (Wildman–Crippen MR) is 76.3 cm³/mol. The smallest absolute Gasteiger partial charge is 0.322 e. The van der Waals surface area contributed by atoms with Gasteiger partial charge in [-0.25, -0.2) is 4.98 Å². The summed E-state index contributed by atoms with van der Waals surface area (Å²) in [5, 5.41) is 0. The molecule has 1 aromatic rings. The summed E-state index contributed by atoms with van der Waals surface area (Å²) in [5.41, 5.74) is -0.0411. The van der Waals surface area contributed by atoms with E-state index in [9.17, 15) is 4.79 Å². The molecular weight excluding hydrogens is 268 g/mol. The number of nitrogens with zero attached hydrogens (tertiary/aromatic N) is 2. The van der Waals surface area contributed by atoms with Crippen molar-refractivity contribution in [3.05, 3.63) is 23.9 Å². The fraction of sp³-hybridized carbons (Fsp3) is 0.562. The monoisotopic (exact) mass is 286 g/mol. The van der Waals surface area contributed by atoms with Gasteiger partial charge in [-0.3, -0.25) is 4.79 Å². The van der Waals surface area contributed by atoms with Crippen molar-refractivity contribution in [2.24, 2.45) is 15.8 Å². The molecular formula is C16H18N2O3. The van der Waals surface area contributed by atoms with Crippen LogP contribution in [0.1, 0.15) is 32.3 Å². The number of cyclic esters (lactones) is 1. The number of aliphatic imine (C=N–C) groups is 1. The Labute approximate surface area is 123 Å². The highest BCUT2D eigenvalue weighted by atomic mass is 16.6. The van der Waals surface area contributed by atoms with Crippen LogP contribution in [0.15, 0.2) is 23.3 Å². The number of aromatic nitrogens is 1. The first-order chi connectivity index (χ1) is 9.96. The molecule has 4 rings (SSSR count). The second-order valence-corrected chi connectivity index (χ2v) is 6.60. The molecule has 0 aromatic carbocycles. The van der Waals surface area contributed by atoms with Gasteiger partial charge in [0.15, 0.2) is 5.82 Å². The number of fused-ring (bicyclic) bond motifs is 5. The van der Waals surface area contributed by atoms with Crippen molar-refractivity contribution in [2.75, 3.05) is 0 Å². The first-order valence-corrected chi connectivity index (χ1v) is 7.36. The van der Waals surface area contributed by atoms with Gasteiger partial charge < -0.3 is 9.47 Å². The summed E-state index contributed by atoms with van der Waals surface area (Å²) in [6, 6.07) is 3.78. The molecule has 21 heavy (non-hydrogen) atoms. The number of carbonyl (C=O) groups excluding carboxylic acids is 1. The molecule has 0 saturated carbocycles. The van der Waals surface area contributed by atoms with Crippen molar-refractivity contribution in [3.63, 3.8) is 0 Å². The van der Waals surface area contributed by atoms with Crippen molar-refractivity contribution in [2.45, 2.75) is 45.8 Å². The maximum Gasteiger partial charge on any atom is 0.322 e. The zero-order valence-corrected chi connectivity index (χ0v) is 12.4. The van der Waals surface area contributed by atoms with Gasteiger partial charge in [0, 0.05) is 6.20 Å². The molecule has 3 saturated heterocycles. The Bertz CT molecular complexity index is 654. The summed E-state index contributed by atoms with van der Waals surface area (Å²) < 4.78 is 11.5. The molecule has 0 unspecified atom stereocenters. The van der Waals surface area contributed by atoms with Crippen molar-refractivity contribution in [3.8, 4) is 0 Å². The van der Waals surface area contributed by atoms with Crippen molar-refractivity contribution in [1.82, 2.24) is 4.98 Å². The predicted octanol–water partition coefficient (Wildman–Crippen LogP) is 2.55. The van der Waals surface area contributed by atoms with Gasteiger partial charge >= 0.3 is 5.97 Å².